The Morgan fingerprint density at radius 1 is 1.07 bits per heavy atom. The molecule has 14 heavy (non-hydrogen) atoms. The molecule has 0 heterocycles. The number of rotatable bonds is 1. The van der Waals surface area contributed by atoms with Gasteiger partial charge in [0.25, 0.3) is 0 Å². The van der Waals surface area contributed by atoms with E-state index in [-0.39, 0.29) is 70.6 Å². The van der Waals surface area contributed by atoms with E-state index in [2.05, 4.69) is 0 Å². The van der Waals surface area contributed by atoms with Gasteiger partial charge in [-0.1, -0.05) is 18.7 Å². The minimum Gasteiger partial charge on any atom is -0.449 e. The molecule has 1 aliphatic carbocycles. The van der Waals surface area contributed by atoms with E-state index in [1.807, 2.05) is 0 Å². The van der Waals surface area contributed by atoms with Gasteiger partial charge in [0.15, 0.2) is 0 Å². The summed E-state index contributed by atoms with van der Waals surface area (Å²) in [6.07, 6.45) is -1.05. The van der Waals surface area contributed by atoms with Crippen LogP contribution < -0.4 is 51.4 Å². The van der Waals surface area contributed by atoms with E-state index in [0.717, 1.165) is 0 Å². The zero-order valence-electron chi connectivity index (χ0n) is 8.08. The first-order chi connectivity index (χ1) is 5.81. The van der Waals surface area contributed by atoms with Gasteiger partial charge in [0.05, 0.1) is 0 Å². The Bertz CT molecular complexity index is 181. The van der Waals surface area contributed by atoms with Gasteiger partial charge in [-0.15, -0.1) is 0 Å². The van der Waals surface area contributed by atoms with E-state index in [1.54, 1.807) is 0 Å². The fraction of sp³-hybridized carbons (Fsp3) is 1.00. The zero-order chi connectivity index (χ0) is 10.1. The number of halogens is 5. The minimum atomic E-state index is -5.09. The molecule has 1 rings (SSSR count). The summed E-state index contributed by atoms with van der Waals surface area (Å²) in [7, 11) is 0. The van der Waals surface area contributed by atoms with Gasteiger partial charge in [0.1, 0.15) is 0 Å². The Kier molecular flexibility index (Phi) is 6.15. The maximum atomic E-state index is 12.8. The van der Waals surface area contributed by atoms with Crippen molar-refractivity contribution in [2.45, 2.75) is 43.8 Å². The molecular weight excluding hydrogens is 229 g/mol. The molecule has 0 aromatic heterocycles. The molecule has 0 nitrogen and oxygen atoms in total. The SMILES string of the molecule is F[B-](F)(F)C1CCCCC(F)(F)C1.[K+]. The van der Waals surface area contributed by atoms with Crippen LogP contribution in [0.4, 0.5) is 21.7 Å². The van der Waals surface area contributed by atoms with Crippen molar-refractivity contribution in [2.75, 3.05) is 0 Å². The summed E-state index contributed by atoms with van der Waals surface area (Å²) in [6.45, 7) is -5.09. The third-order valence-corrected chi connectivity index (χ3v) is 2.46. The van der Waals surface area contributed by atoms with Crippen LogP contribution in [0.2, 0.25) is 5.82 Å². The molecular formula is C7H11BF5K. The summed E-state index contributed by atoms with van der Waals surface area (Å²) in [5, 5.41) is 0. The van der Waals surface area contributed by atoms with E-state index in [4.69, 9.17) is 0 Å². The zero-order valence-corrected chi connectivity index (χ0v) is 11.2. The maximum absolute atomic E-state index is 12.8. The minimum absolute atomic E-state index is 0. The van der Waals surface area contributed by atoms with Crippen LogP contribution in [0.15, 0.2) is 0 Å². The summed E-state index contributed by atoms with van der Waals surface area (Å²) in [5.41, 5.74) is 0. The third kappa shape index (κ3) is 4.92. The molecule has 1 atom stereocenters. The van der Waals surface area contributed by atoms with Crippen LogP contribution in [0.5, 0.6) is 0 Å². The molecule has 0 saturated heterocycles. The average Bonchev–Trinajstić information content (AvgIpc) is 2.08. The second-order valence-electron chi connectivity index (χ2n) is 3.69. The van der Waals surface area contributed by atoms with E-state index in [1.165, 1.54) is 0 Å². The molecule has 0 aromatic rings. The molecule has 0 aromatic carbocycles. The molecule has 78 valence electrons. The molecule has 0 radical (unpaired) electrons. The molecule has 1 unspecified atom stereocenters. The van der Waals surface area contributed by atoms with Gasteiger partial charge in [0, 0.05) is 6.42 Å². The van der Waals surface area contributed by atoms with Gasteiger partial charge >= 0.3 is 58.4 Å². The van der Waals surface area contributed by atoms with Crippen molar-refractivity contribution in [3.63, 3.8) is 0 Å². The van der Waals surface area contributed by atoms with E-state index < -0.39 is 31.6 Å². The maximum Gasteiger partial charge on any atom is 1.00 e. The predicted octanol–water partition coefficient (Wildman–Crippen LogP) is 0.807. The number of hydrogen-bond donors (Lipinski definition) is 0. The Hall–Kier alpha value is 1.35. The van der Waals surface area contributed by atoms with Crippen molar-refractivity contribution in [1.29, 1.82) is 0 Å². The molecule has 0 aliphatic heterocycles. The van der Waals surface area contributed by atoms with Crippen LogP contribution in [0, 0.1) is 0 Å². The molecule has 0 N–H and O–H groups in total. The Morgan fingerprint density at radius 2 is 1.64 bits per heavy atom. The first-order valence-electron chi connectivity index (χ1n) is 4.39. The monoisotopic (exact) mass is 240 g/mol. The van der Waals surface area contributed by atoms with Crippen LogP contribution in [0.1, 0.15) is 32.1 Å². The molecule has 0 spiro atoms. The molecule has 1 aliphatic rings. The second kappa shape index (κ2) is 5.61. The van der Waals surface area contributed by atoms with Crippen LogP contribution in [0.3, 0.4) is 0 Å². The summed E-state index contributed by atoms with van der Waals surface area (Å²) >= 11 is 0. The van der Waals surface area contributed by atoms with Crippen LogP contribution in [-0.2, 0) is 0 Å². The normalized spacial score (nSPS) is 27.6. The standard InChI is InChI=1S/C7H11BF5.K/c9-7(10)4-2-1-3-6(5-7)8(11,12)13;/h6H,1-5H2;/q-1;+1. The van der Waals surface area contributed by atoms with Gasteiger partial charge in [-0.05, 0) is 12.8 Å². The summed E-state index contributed by atoms with van der Waals surface area (Å²) < 4.78 is 62.1. The third-order valence-electron chi connectivity index (χ3n) is 2.46. The Morgan fingerprint density at radius 3 is 2.14 bits per heavy atom. The summed E-state index contributed by atoms with van der Waals surface area (Å²) in [5.74, 6) is -4.86. The largest absolute Gasteiger partial charge is 1.00 e. The molecule has 7 heteroatoms. The number of hydrogen-bond acceptors (Lipinski definition) is 0. The topological polar surface area (TPSA) is 0 Å². The van der Waals surface area contributed by atoms with Crippen LogP contribution in [0.25, 0.3) is 0 Å². The number of alkyl halides is 2. The summed E-state index contributed by atoms with van der Waals surface area (Å²) in [4.78, 5) is 0. The molecule has 0 bridgehead atoms. The van der Waals surface area contributed by atoms with Crippen molar-refractivity contribution < 1.29 is 73.1 Å². The van der Waals surface area contributed by atoms with E-state index in [9.17, 15) is 21.7 Å². The molecule has 1 fully saturated rings. The summed E-state index contributed by atoms with van der Waals surface area (Å²) in [6, 6.07) is 0. The van der Waals surface area contributed by atoms with Crippen molar-refractivity contribution in [2.24, 2.45) is 0 Å². The smallest absolute Gasteiger partial charge is 0.449 e. The average molecular weight is 240 g/mol. The van der Waals surface area contributed by atoms with Gasteiger partial charge in [-0.3, -0.25) is 0 Å². The fourth-order valence-electron chi connectivity index (χ4n) is 1.70. The quantitative estimate of drug-likeness (QED) is 0.361. The van der Waals surface area contributed by atoms with Crippen molar-refractivity contribution in [3.8, 4) is 0 Å². The molecule has 0 amide bonds. The van der Waals surface area contributed by atoms with Crippen LogP contribution in [-0.4, -0.2) is 12.9 Å². The first-order valence-corrected chi connectivity index (χ1v) is 4.39. The van der Waals surface area contributed by atoms with Gasteiger partial charge in [0.2, 0.25) is 5.92 Å². The van der Waals surface area contributed by atoms with Gasteiger partial charge in [-0.25, -0.2) is 8.78 Å². The van der Waals surface area contributed by atoms with Crippen molar-refractivity contribution in [1.82, 2.24) is 0 Å². The van der Waals surface area contributed by atoms with Crippen molar-refractivity contribution >= 4 is 6.98 Å². The van der Waals surface area contributed by atoms with Gasteiger partial charge in [-0.2, -0.15) is 0 Å². The van der Waals surface area contributed by atoms with E-state index >= 15 is 0 Å². The Labute approximate surface area is 122 Å². The second-order valence-corrected chi connectivity index (χ2v) is 3.69. The Balaban J connectivity index is 0.00000169. The van der Waals surface area contributed by atoms with Crippen molar-refractivity contribution in [3.05, 3.63) is 0 Å². The van der Waals surface area contributed by atoms with Gasteiger partial charge < -0.3 is 12.9 Å². The van der Waals surface area contributed by atoms with E-state index in [0.29, 0.717) is 0 Å². The predicted molar refractivity (Wildman–Crippen MR) is 40.9 cm³/mol. The fourth-order valence-corrected chi connectivity index (χ4v) is 1.70. The van der Waals surface area contributed by atoms with Crippen LogP contribution >= 0.6 is 0 Å². The first kappa shape index (κ1) is 15.4. The molecule has 1 saturated carbocycles.